The third-order valence-electron chi connectivity index (χ3n) is 3.18. The Morgan fingerprint density at radius 1 is 1.06 bits per heavy atom. The Labute approximate surface area is 101 Å². The number of piperazine rings is 1. The van der Waals surface area contributed by atoms with Gasteiger partial charge in [-0.05, 0) is 12.8 Å². The highest BCUT2D eigenvalue weighted by Gasteiger charge is 2.34. The Balaban J connectivity index is 1.77. The van der Waals surface area contributed by atoms with E-state index >= 15 is 0 Å². The van der Waals surface area contributed by atoms with Crippen molar-refractivity contribution in [3.63, 3.8) is 0 Å². The minimum atomic E-state index is 0.105. The zero-order valence-corrected chi connectivity index (χ0v) is 10.1. The third kappa shape index (κ3) is 2.67. The first-order chi connectivity index (χ1) is 7.72. The van der Waals surface area contributed by atoms with Crippen LogP contribution in [0, 0.1) is 5.92 Å². The second-order valence-electron chi connectivity index (χ2n) is 4.42. The van der Waals surface area contributed by atoms with Crippen molar-refractivity contribution in [2.75, 3.05) is 32.1 Å². The molecule has 0 bridgehead atoms. The van der Waals surface area contributed by atoms with Gasteiger partial charge in [0.05, 0.1) is 0 Å². The first kappa shape index (κ1) is 11.7. The van der Waals surface area contributed by atoms with Crippen molar-refractivity contribution in [2.24, 2.45) is 5.92 Å². The van der Waals surface area contributed by atoms with Crippen molar-refractivity contribution in [3.05, 3.63) is 0 Å². The normalized spacial score (nSPS) is 21.1. The summed E-state index contributed by atoms with van der Waals surface area (Å²) < 4.78 is 0. The van der Waals surface area contributed by atoms with Crippen molar-refractivity contribution in [3.8, 4) is 0 Å². The molecule has 16 heavy (non-hydrogen) atoms. The van der Waals surface area contributed by atoms with Gasteiger partial charge >= 0.3 is 0 Å². The Morgan fingerprint density at radius 2 is 1.62 bits per heavy atom. The van der Waals surface area contributed by atoms with Crippen LogP contribution in [-0.4, -0.2) is 53.7 Å². The van der Waals surface area contributed by atoms with Crippen LogP contribution < -0.4 is 0 Å². The molecular formula is C11H17ClN2O2. The summed E-state index contributed by atoms with van der Waals surface area (Å²) in [7, 11) is 0. The number of hydrogen-bond acceptors (Lipinski definition) is 2. The Bertz CT molecular complexity index is 284. The van der Waals surface area contributed by atoms with E-state index in [0.717, 1.165) is 12.8 Å². The van der Waals surface area contributed by atoms with Gasteiger partial charge in [0.2, 0.25) is 11.8 Å². The predicted octanol–water partition coefficient (Wildman–Crippen LogP) is 0.696. The van der Waals surface area contributed by atoms with Crippen molar-refractivity contribution in [1.82, 2.24) is 9.80 Å². The van der Waals surface area contributed by atoms with Crippen molar-refractivity contribution >= 4 is 23.4 Å². The summed E-state index contributed by atoms with van der Waals surface area (Å²) in [6.45, 7) is 2.69. The number of nitrogens with zero attached hydrogens (tertiary/aromatic N) is 2. The molecule has 2 rings (SSSR count). The molecule has 5 heteroatoms. The maximum absolute atomic E-state index is 11.8. The summed E-state index contributed by atoms with van der Waals surface area (Å²) in [6, 6.07) is 0. The average Bonchev–Trinajstić information content (AvgIpc) is 3.12. The Kier molecular flexibility index (Phi) is 3.69. The molecule has 2 aliphatic rings. The first-order valence-electron chi connectivity index (χ1n) is 5.85. The highest BCUT2D eigenvalue weighted by molar-refractivity contribution is 6.18. The van der Waals surface area contributed by atoms with Crippen LogP contribution in [0.5, 0.6) is 0 Å². The minimum Gasteiger partial charge on any atom is -0.339 e. The van der Waals surface area contributed by atoms with Gasteiger partial charge in [-0.25, -0.2) is 0 Å². The number of hydrogen-bond donors (Lipinski definition) is 0. The van der Waals surface area contributed by atoms with Crippen molar-refractivity contribution in [1.29, 1.82) is 0 Å². The summed E-state index contributed by atoms with van der Waals surface area (Å²) in [6.07, 6.45) is 2.49. The van der Waals surface area contributed by atoms with Gasteiger partial charge < -0.3 is 9.80 Å². The number of halogens is 1. The maximum atomic E-state index is 11.8. The summed E-state index contributed by atoms with van der Waals surface area (Å²) in [5.74, 6) is 1.04. The molecule has 0 radical (unpaired) electrons. The van der Waals surface area contributed by atoms with Gasteiger partial charge in [0.25, 0.3) is 0 Å². The van der Waals surface area contributed by atoms with Gasteiger partial charge in [-0.1, -0.05) is 0 Å². The molecule has 0 aromatic rings. The van der Waals surface area contributed by atoms with Gasteiger partial charge in [0.1, 0.15) is 0 Å². The van der Waals surface area contributed by atoms with E-state index in [1.54, 1.807) is 4.90 Å². The molecular weight excluding hydrogens is 228 g/mol. The lowest BCUT2D eigenvalue weighted by molar-refractivity contribution is -0.140. The number of carbonyl (C=O) groups excluding carboxylic acids is 2. The number of alkyl halides is 1. The van der Waals surface area contributed by atoms with E-state index in [4.69, 9.17) is 11.6 Å². The van der Waals surface area contributed by atoms with Crippen LogP contribution in [0.15, 0.2) is 0 Å². The minimum absolute atomic E-state index is 0.105. The molecule has 0 aromatic carbocycles. The second-order valence-corrected chi connectivity index (χ2v) is 4.80. The zero-order valence-electron chi connectivity index (χ0n) is 9.32. The second kappa shape index (κ2) is 5.04. The molecule has 0 unspecified atom stereocenters. The summed E-state index contributed by atoms with van der Waals surface area (Å²) in [5.41, 5.74) is 0. The molecule has 2 fully saturated rings. The largest absolute Gasteiger partial charge is 0.339 e. The first-order valence-corrected chi connectivity index (χ1v) is 6.38. The molecule has 0 atom stereocenters. The molecule has 1 aliphatic carbocycles. The van der Waals surface area contributed by atoms with E-state index < -0.39 is 0 Å². The predicted molar refractivity (Wildman–Crippen MR) is 61.2 cm³/mol. The molecule has 0 aromatic heterocycles. The Hall–Kier alpha value is -0.770. The highest BCUT2D eigenvalue weighted by Crippen LogP contribution is 2.31. The fourth-order valence-electron chi connectivity index (χ4n) is 2.00. The summed E-state index contributed by atoms with van der Waals surface area (Å²) in [4.78, 5) is 27.0. The van der Waals surface area contributed by atoms with Gasteiger partial charge in [-0.3, -0.25) is 9.59 Å². The summed E-state index contributed by atoms with van der Waals surface area (Å²) in [5, 5.41) is 0. The molecule has 4 nitrogen and oxygen atoms in total. The van der Waals surface area contributed by atoms with Gasteiger partial charge in [-0.2, -0.15) is 0 Å². The lowest BCUT2D eigenvalue weighted by Gasteiger charge is -2.34. The van der Waals surface area contributed by atoms with E-state index in [0.29, 0.717) is 38.5 Å². The smallest absolute Gasteiger partial charge is 0.225 e. The lowest BCUT2D eigenvalue weighted by Crippen LogP contribution is -2.51. The van der Waals surface area contributed by atoms with E-state index in [1.807, 2.05) is 4.90 Å². The fraction of sp³-hybridized carbons (Fsp3) is 0.818. The van der Waals surface area contributed by atoms with Crippen LogP contribution in [0.25, 0.3) is 0 Å². The Morgan fingerprint density at radius 3 is 2.12 bits per heavy atom. The molecule has 1 aliphatic heterocycles. The molecule has 0 spiro atoms. The van der Waals surface area contributed by atoms with Crippen LogP contribution >= 0.6 is 11.6 Å². The molecule has 1 saturated heterocycles. The molecule has 0 N–H and O–H groups in total. The van der Waals surface area contributed by atoms with Crippen LogP contribution in [-0.2, 0) is 9.59 Å². The highest BCUT2D eigenvalue weighted by atomic mass is 35.5. The van der Waals surface area contributed by atoms with Gasteiger partial charge in [0.15, 0.2) is 0 Å². The van der Waals surface area contributed by atoms with Crippen LogP contribution in [0.2, 0.25) is 0 Å². The van der Waals surface area contributed by atoms with Crippen LogP contribution in [0.4, 0.5) is 0 Å². The van der Waals surface area contributed by atoms with Crippen LogP contribution in [0.3, 0.4) is 0 Å². The van der Waals surface area contributed by atoms with Gasteiger partial charge in [0, 0.05) is 44.4 Å². The molecule has 2 amide bonds. The standard InChI is InChI=1S/C11H17ClN2O2/c12-4-3-10(15)13-5-7-14(8-6-13)11(16)9-1-2-9/h9H,1-8H2. The van der Waals surface area contributed by atoms with E-state index in [-0.39, 0.29) is 17.7 Å². The van der Waals surface area contributed by atoms with Gasteiger partial charge in [-0.15, -0.1) is 11.6 Å². The quantitative estimate of drug-likeness (QED) is 0.686. The van der Waals surface area contributed by atoms with Crippen molar-refractivity contribution in [2.45, 2.75) is 19.3 Å². The monoisotopic (exact) mass is 244 g/mol. The molecule has 1 heterocycles. The number of amides is 2. The SMILES string of the molecule is O=C(CCCl)N1CCN(C(=O)C2CC2)CC1. The topological polar surface area (TPSA) is 40.6 Å². The fourth-order valence-corrected chi connectivity index (χ4v) is 2.17. The number of rotatable bonds is 3. The van der Waals surface area contributed by atoms with E-state index in [9.17, 15) is 9.59 Å². The maximum Gasteiger partial charge on any atom is 0.225 e. The van der Waals surface area contributed by atoms with E-state index in [1.165, 1.54) is 0 Å². The van der Waals surface area contributed by atoms with Crippen LogP contribution in [0.1, 0.15) is 19.3 Å². The lowest BCUT2D eigenvalue weighted by atomic mass is 10.2. The molecule has 90 valence electrons. The van der Waals surface area contributed by atoms with E-state index in [2.05, 4.69) is 0 Å². The number of carbonyl (C=O) groups is 2. The third-order valence-corrected chi connectivity index (χ3v) is 3.37. The molecule has 1 saturated carbocycles. The zero-order chi connectivity index (χ0) is 11.5. The average molecular weight is 245 g/mol. The summed E-state index contributed by atoms with van der Waals surface area (Å²) >= 11 is 5.53. The van der Waals surface area contributed by atoms with Crippen molar-refractivity contribution < 1.29 is 9.59 Å².